The number of hydrogen-bond acceptors (Lipinski definition) is 4. The molecule has 2 aliphatic rings. The molecule has 2 N–H and O–H groups in total. The third-order valence-electron chi connectivity index (χ3n) is 4.56. The minimum absolute atomic E-state index is 0.0192. The Morgan fingerprint density at radius 1 is 1.35 bits per heavy atom. The number of nitrogens with one attached hydrogen (secondary N) is 1. The van der Waals surface area contributed by atoms with E-state index in [2.05, 4.69) is 10.3 Å². The number of pyridine rings is 1. The van der Waals surface area contributed by atoms with Gasteiger partial charge in [0.05, 0.1) is 35.5 Å². The molecule has 1 aromatic rings. The van der Waals surface area contributed by atoms with Crippen LogP contribution in [0.5, 0.6) is 0 Å². The van der Waals surface area contributed by atoms with Crippen LogP contribution in [-0.4, -0.2) is 34.7 Å². The number of carbonyl (C=O) groups excluding carboxylic acids is 1. The van der Waals surface area contributed by atoms with E-state index in [0.717, 1.165) is 25.7 Å². The molecule has 0 bridgehead atoms. The highest BCUT2D eigenvalue weighted by Gasteiger charge is 2.31. The standard InChI is InChI=1S/C17H22N2O4/c1-10-13(3-2-8-23-10)16(20)18-9-12-6-7-14(17(21)22)15(19-12)11-4-5-11/h6-7,10-11,13H,2-5,8-9H2,1H3,(H,18,20)(H,21,22)/t10-,13-/m0/s1. The second-order valence-corrected chi connectivity index (χ2v) is 6.36. The van der Waals surface area contributed by atoms with E-state index in [-0.39, 0.29) is 29.4 Å². The van der Waals surface area contributed by atoms with Gasteiger partial charge in [-0.05, 0) is 44.7 Å². The Labute approximate surface area is 135 Å². The van der Waals surface area contributed by atoms with Crippen LogP contribution in [-0.2, 0) is 16.1 Å². The molecule has 23 heavy (non-hydrogen) atoms. The van der Waals surface area contributed by atoms with Crippen molar-refractivity contribution in [2.75, 3.05) is 6.61 Å². The van der Waals surface area contributed by atoms with E-state index in [4.69, 9.17) is 4.74 Å². The first-order valence-electron chi connectivity index (χ1n) is 8.18. The fraction of sp³-hybridized carbons (Fsp3) is 0.588. The molecule has 2 atom stereocenters. The Hall–Kier alpha value is -1.95. The number of amides is 1. The van der Waals surface area contributed by atoms with Crippen molar-refractivity contribution in [3.05, 3.63) is 29.1 Å². The quantitative estimate of drug-likeness (QED) is 0.868. The first kappa shape index (κ1) is 15.9. The number of carbonyl (C=O) groups is 2. The molecule has 6 heteroatoms. The van der Waals surface area contributed by atoms with Crippen LogP contribution in [0.3, 0.4) is 0 Å². The number of aromatic carboxylic acids is 1. The molecule has 0 spiro atoms. The highest BCUT2D eigenvalue weighted by Crippen LogP contribution is 2.40. The van der Waals surface area contributed by atoms with E-state index < -0.39 is 5.97 Å². The van der Waals surface area contributed by atoms with Crippen LogP contribution in [0.2, 0.25) is 0 Å². The zero-order valence-electron chi connectivity index (χ0n) is 13.2. The summed E-state index contributed by atoms with van der Waals surface area (Å²) >= 11 is 0. The predicted molar refractivity (Wildman–Crippen MR) is 83.2 cm³/mol. The van der Waals surface area contributed by atoms with Crippen LogP contribution in [0.15, 0.2) is 12.1 Å². The molecule has 1 aliphatic carbocycles. The molecule has 0 aromatic carbocycles. The molecule has 2 heterocycles. The Morgan fingerprint density at radius 3 is 2.78 bits per heavy atom. The smallest absolute Gasteiger partial charge is 0.337 e. The lowest BCUT2D eigenvalue weighted by Crippen LogP contribution is -2.40. The minimum Gasteiger partial charge on any atom is -0.478 e. The topological polar surface area (TPSA) is 88.5 Å². The van der Waals surface area contributed by atoms with Crippen molar-refractivity contribution >= 4 is 11.9 Å². The van der Waals surface area contributed by atoms with Gasteiger partial charge in [0.25, 0.3) is 0 Å². The van der Waals surface area contributed by atoms with Gasteiger partial charge < -0.3 is 15.2 Å². The number of carboxylic acid groups (broad SMARTS) is 1. The minimum atomic E-state index is -0.942. The molecular formula is C17H22N2O4. The number of carboxylic acids is 1. The predicted octanol–water partition coefficient (Wildman–Crippen LogP) is 2.09. The lowest BCUT2D eigenvalue weighted by Gasteiger charge is -2.28. The third kappa shape index (κ3) is 3.69. The van der Waals surface area contributed by atoms with Gasteiger partial charge >= 0.3 is 5.97 Å². The van der Waals surface area contributed by atoms with Crippen molar-refractivity contribution in [2.24, 2.45) is 5.92 Å². The molecule has 1 amide bonds. The van der Waals surface area contributed by atoms with Crippen LogP contribution < -0.4 is 5.32 Å². The molecular weight excluding hydrogens is 296 g/mol. The number of aromatic nitrogens is 1. The summed E-state index contributed by atoms with van der Waals surface area (Å²) in [4.78, 5) is 28.0. The Balaban J connectivity index is 1.65. The monoisotopic (exact) mass is 318 g/mol. The summed E-state index contributed by atoms with van der Waals surface area (Å²) in [5, 5.41) is 12.1. The van der Waals surface area contributed by atoms with Gasteiger partial charge in [0, 0.05) is 12.5 Å². The zero-order valence-corrected chi connectivity index (χ0v) is 13.2. The Bertz CT molecular complexity index is 613. The van der Waals surface area contributed by atoms with Gasteiger partial charge in [-0.15, -0.1) is 0 Å². The van der Waals surface area contributed by atoms with Crippen LogP contribution in [0.1, 0.15) is 60.3 Å². The van der Waals surface area contributed by atoms with Gasteiger partial charge in [-0.25, -0.2) is 4.79 Å². The molecule has 0 unspecified atom stereocenters. The normalized spacial score (nSPS) is 24.2. The van der Waals surface area contributed by atoms with E-state index in [9.17, 15) is 14.7 Å². The average molecular weight is 318 g/mol. The number of rotatable bonds is 5. The van der Waals surface area contributed by atoms with E-state index in [1.54, 1.807) is 12.1 Å². The van der Waals surface area contributed by atoms with Gasteiger partial charge in [0.2, 0.25) is 5.91 Å². The third-order valence-corrected chi connectivity index (χ3v) is 4.56. The summed E-state index contributed by atoms with van der Waals surface area (Å²) in [5.41, 5.74) is 1.63. The summed E-state index contributed by atoms with van der Waals surface area (Å²) < 4.78 is 5.52. The van der Waals surface area contributed by atoms with Gasteiger partial charge in [-0.1, -0.05) is 0 Å². The van der Waals surface area contributed by atoms with E-state index in [1.807, 2.05) is 6.92 Å². The van der Waals surface area contributed by atoms with Gasteiger partial charge in [0.1, 0.15) is 0 Å². The van der Waals surface area contributed by atoms with E-state index >= 15 is 0 Å². The zero-order chi connectivity index (χ0) is 16.4. The molecule has 3 rings (SSSR count). The maximum Gasteiger partial charge on any atom is 0.337 e. The number of ether oxygens (including phenoxy) is 1. The average Bonchev–Trinajstić information content (AvgIpc) is 3.37. The molecule has 1 aliphatic heterocycles. The number of hydrogen-bond donors (Lipinski definition) is 2. The van der Waals surface area contributed by atoms with E-state index in [0.29, 0.717) is 24.5 Å². The lowest BCUT2D eigenvalue weighted by molar-refractivity contribution is -0.133. The van der Waals surface area contributed by atoms with Crippen molar-refractivity contribution in [3.63, 3.8) is 0 Å². The summed E-state index contributed by atoms with van der Waals surface area (Å²) in [6, 6.07) is 3.27. The first-order chi connectivity index (χ1) is 11.1. The summed E-state index contributed by atoms with van der Waals surface area (Å²) in [6.45, 7) is 2.96. The summed E-state index contributed by atoms with van der Waals surface area (Å²) in [5.74, 6) is -0.828. The van der Waals surface area contributed by atoms with Crippen LogP contribution in [0, 0.1) is 5.92 Å². The highest BCUT2D eigenvalue weighted by atomic mass is 16.5. The van der Waals surface area contributed by atoms with Crippen molar-refractivity contribution in [3.8, 4) is 0 Å². The largest absolute Gasteiger partial charge is 0.478 e. The summed E-state index contributed by atoms with van der Waals surface area (Å²) in [6.07, 6.45) is 3.65. The fourth-order valence-electron chi connectivity index (χ4n) is 3.04. The van der Waals surface area contributed by atoms with E-state index in [1.165, 1.54) is 0 Å². The van der Waals surface area contributed by atoms with Gasteiger partial charge in [-0.3, -0.25) is 9.78 Å². The maximum absolute atomic E-state index is 12.3. The molecule has 0 radical (unpaired) electrons. The molecule has 124 valence electrons. The van der Waals surface area contributed by atoms with Crippen molar-refractivity contribution in [1.29, 1.82) is 0 Å². The number of nitrogens with zero attached hydrogens (tertiary/aromatic N) is 1. The van der Waals surface area contributed by atoms with Crippen LogP contribution >= 0.6 is 0 Å². The fourth-order valence-corrected chi connectivity index (χ4v) is 3.04. The molecule has 1 saturated carbocycles. The second-order valence-electron chi connectivity index (χ2n) is 6.36. The first-order valence-corrected chi connectivity index (χ1v) is 8.18. The van der Waals surface area contributed by atoms with Crippen LogP contribution in [0.4, 0.5) is 0 Å². The SMILES string of the molecule is C[C@@H]1OCCC[C@@H]1C(=O)NCc1ccc(C(=O)O)c(C2CC2)n1. The molecule has 2 fully saturated rings. The lowest BCUT2D eigenvalue weighted by atomic mass is 9.94. The second kappa shape index (κ2) is 6.66. The summed E-state index contributed by atoms with van der Waals surface area (Å²) in [7, 11) is 0. The molecule has 6 nitrogen and oxygen atoms in total. The van der Waals surface area contributed by atoms with Crippen molar-refractivity contribution in [1.82, 2.24) is 10.3 Å². The molecule has 1 aromatic heterocycles. The Kier molecular flexibility index (Phi) is 4.61. The Morgan fingerprint density at radius 2 is 2.13 bits per heavy atom. The van der Waals surface area contributed by atoms with Gasteiger partial charge in [0.15, 0.2) is 0 Å². The van der Waals surface area contributed by atoms with Gasteiger partial charge in [-0.2, -0.15) is 0 Å². The van der Waals surface area contributed by atoms with Crippen LogP contribution in [0.25, 0.3) is 0 Å². The maximum atomic E-state index is 12.3. The highest BCUT2D eigenvalue weighted by molar-refractivity contribution is 5.89. The van der Waals surface area contributed by atoms with Crippen molar-refractivity contribution < 1.29 is 19.4 Å². The van der Waals surface area contributed by atoms with Crippen molar-refractivity contribution in [2.45, 2.75) is 51.2 Å². The molecule has 1 saturated heterocycles.